The number of aromatic nitrogens is 1. The normalized spacial score (nSPS) is 17.8. The third kappa shape index (κ3) is 2.78. The molecule has 1 N–H and O–H groups in total. The number of pyridine rings is 1. The van der Waals surface area contributed by atoms with Gasteiger partial charge in [-0.3, -0.25) is 4.98 Å². The van der Waals surface area contributed by atoms with Crippen LogP contribution in [0, 0.1) is 19.8 Å². The summed E-state index contributed by atoms with van der Waals surface area (Å²) in [5.41, 5.74) is 3.65. The van der Waals surface area contributed by atoms with Gasteiger partial charge in [0.2, 0.25) is 0 Å². The number of nitrogens with one attached hydrogen (secondary N) is 1. The van der Waals surface area contributed by atoms with E-state index in [1.807, 2.05) is 0 Å². The Bertz CT molecular complexity index is 322. The minimum atomic E-state index is 0.512. The zero-order chi connectivity index (χ0) is 10.8. The second-order valence-electron chi connectivity index (χ2n) is 4.70. The molecule has 1 aromatic heterocycles. The first-order valence-electron chi connectivity index (χ1n) is 5.81. The summed E-state index contributed by atoms with van der Waals surface area (Å²) in [5, 5.41) is 3.42. The van der Waals surface area contributed by atoms with Crippen molar-refractivity contribution in [3.8, 4) is 0 Å². The highest BCUT2D eigenvalue weighted by Crippen LogP contribution is 2.37. The maximum Gasteiger partial charge on any atom is 0.0379 e. The largest absolute Gasteiger partial charge is 0.313 e. The molecule has 0 saturated heterocycles. The first-order chi connectivity index (χ1) is 7.19. The molecule has 1 aliphatic carbocycles. The number of rotatable bonds is 4. The van der Waals surface area contributed by atoms with E-state index in [1.54, 1.807) is 0 Å². The third-order valence-corrected chi connectivity index (χ3v) is 3.12. The van der Waals surface area contributed by atoms with Crippen LogP contribution in [0.15, 0.2) is 12.1 Å². The van der Waals surface area contributed by atoms with E-state index >= 15 is 0 Å². The Morgan fingerprint density at radius 3 is 2.40 bits per heavy atom. The summed E-state index contributed by atoms with van der Waals surface area (Å²) in [5.74, 6) is 0.955. The van der Waals surface area contributed by atoms with Crippen LogP contribution in [0.3, 0.4) is 0 Å². The average Bonchev–Trinajstić information content (AvgIpc) is 2.96. The quantitative estimate of drug-likeness (QED) is 0.815. The molecule has 0 aliphatic heterocycles. The fraction of sp³-hybridized carbons (Fsp3) is 0.615. The molecule has 0 radical (unpaired) electrons. The summed E-state index contributed by atoms with van der Waals surface area (Å²) in [7, 11) is 2.05. The van der Waals surface area contributed by atoms with Gasteiger partial charge < -0.3 is 5.32 Å². The fourth-order valence-electron chi connectivity index (χ4n) is 2.18. The lowest BCUT2D eigenvalue weighted by atomic mass is 10.0. The first-order valence-corrected chi connectivity index (χ1v) is 5.81. The lowest BCUT2D eigenvalue weighted by Gasteiger charge is -2.17. The molecule has 2 nitrogen and oxygen atoms in total. The Hall–Kier alpha value is -0.890. The van der Waals surface area contributed by atoms with E-state index in [2.05, 4.69) is 43.3 Å². The van der Waals surface area contributed by atoms with Crippen LogP contribution in [0.4, 0.5) is 0 Å². The molecule has 82 valence electrons. The lowest BCUT2D eigenvalue weighted by molar-refractivity contribution is 0.513. The highest BCUT2D eigenvalue weighted by atomic mass is 14.9. The molecule has 1 unspecified atom stereocenters. The Kier molecular flexibility index (Phi) is 3.06. The molecule has 15 heavy (non-hydrogen) atoms. The van der Waals surface area contributed by atoms with Gasteiger partial charge in [0.05, 0.1) is 0 Å². The van der Waals surface area contributed by atoms with Gasteiger partial charge in [-0.25, -0.2) is 0 Å². The summed E-state index contributed by atoms with van der Waals surface area (Å²) >= 11 is 0. The van der Waals surface area contributed by atoms with Crippen LogP contribution < -0.4 is 5.32 Å². The monoisotopic (exact) mass is 204 g/mol. The van der Waals surface area contributed by atoms with Crippen molar-refractivity contribution in [1.29, 1.82) is 0 Å². The van der Waals surface area contributed by atoms with E-state index in [1.165, 1.54) is 24.8 Å². The molecule has 1 aromatic rings. The average molecular weight is 204 g/mol. The number of aryl methyl sites for hydroxylation is 2. The first kappa shape index (κ1) is 10.6. The molecule has 1 atom stereocenters. The molecule has 0 spiro atoms. The Labute approximate surface area is 92.1 Å². The maximum atomic E-state index is 4.42. The van der Waals surface area contributed by atoms with Gasteiger partial charge in [0.15, 0.2) is 0 Å². The van der Waals surface area contributed by atoms with Crippen molar-refractivity contribution in [2.45, 2.75) is 39.2 Å². The maximum absolute atomic E-state index is 4.42. The van der Waals surface area contributed by atoms with Crippen LogP contribution in [-0.2, 0) is 0 Å². The molecule has 1 saturated carbocycles. The van der Waals surface area contributed by atoms with E-state index in [9.17, 15) is 0 Å². The van der Waals surface area contributed by atoms with Gasteiger partial charge in [-0.1, -0.05) is 12.8 Å². The molecule has 2 rings (SSSR count). The molecule has 0 bridgehead atoms. The van der Waals surface area contributed by atoms with Crippen LogP contribution >= 0.6 is 0 Å². The van der Waals surface area contributed by atoms with Gasteiger partial charge in [-0.15, -0.1) is 0 Å². The summed E-state index contributed by atoms with van der Waals surface area (Å²) in [6, 6.07) is 4.92. The van der Waals surface area contributed by atoms with E-state index in [0.717, 1.165) is 17.3 Å². The standard InChI is InChI=1S/C13H20N2/c1-9-6-12(7-10(2)15-9)13(14-3)8-11-4-5-11/h6-7,11,13-14H,4-5,8H2,1-3H3. The van der Waals surface area contributed by atoms with E-state index in [4.69, 9.17) is 0 Å². The van der Waals surface area contributed by atoms with Crippen molar-refractivity contribution in [2.24, 2.45) is 5.92 Å². The van der Waals surface area contributed by atoms with Crippen LogP contribution in [0.1, 0.15) is 42.3 Å². The second kappa shape index (κ2) is 4.31. The zero-order valence-electron chi connectivity index (χ0n) is 9.88. The molecular formula is C13H20N2. The SMILES string of the molecule is CNC(CC1CC1)c1cc(C)nc(C)c1. The minimum Gasteiger partial charge on any atom is -0.313 e. The molecule has 1 heterocycles. The Balaban J connectivity index is 2.16. The van der Waals surface area contributed by atoms with Gasteiger partial charge in [-0.05, 0) is 50.9 Å². The predicted molar refractivity (Wildman–Crippen MR) is 62.9 cm³/mol. The number of hydrogen-bond acceptors (Lipinski definition) is 2. The summed E-state index contributed by atoms with van der Waals surface area (Å²) in [6.07, 6.45) is 4.11. The Morgan fingerprint density at radius 2 is 1.93 bits per heavy atom. The van der Waals surface area contributed by atoms with Crippen LogP contribution in [-0.4, -0.2) is 12.0 Å². The van der Waals surface area contributed by atoms with Crippen molar-refractivity contribution in [3.05, 3.63) is 29.1 Å². The smallest absolute Gasteiger partial charge is 0.0379 e. The molecule has 1 fully saturated rings. The van der Waals surface area contributed by atoms with E-state index in [-0.39, 0.29) is 0 Å². The van der Waals surface area contributed by atoms with Gasteiger partial charge in [0.25, 0.3) is 0 Å². The van der Waals surface area contributed by atoms with Gasteiger partial charge in [-0.2, -0.15) is 0 Å². The molecule has 0 amide bonds. The third-order valence-electron chi connectivity index (χ3n) is 3.12. The fourth-order valence-corrected chi connectivity index (χ4v) is 2.18. The van der Waals surface area contributed by atoms with Crippen LogP contribution in [0.2, 0.25) is 0 Å². The van der Waals surface area contributed by atoms with E-state index in [0.29, 0.717) is 6.04 Å². The zero-order valence-corrected chi connectivity index (χ0v) is 9.88. The summed E-state index contributed by atoms with van der Waals surface area (Å²) in [6.45, 7) is 4.14. The molecule has 2 heteroatoms. The minimum absolute atomic E-state index is 0.512. The summed E-state index contributed by atoms with van der Waals surface area (Å²) < 4.78 is 0. The van der Waals surface area contributed by atoms with Crippen LogP contribution in [0.25, 0.3) is 0 Å². The molecule has 1 aliphatic rings. The van der Waals surface area contributed by atoms with Crippen molar-refractivity contribution in [2.75, 3.05) is 7.05 Å². The highest BCUT2D eigenvalue weighted by Gasteiger charge is 2.25. The van der Waals surface area contributed by atoms with Crippen molar-refractivity contribution in [3.63, 3.8) is 0 Å². The Morgan fingerprint density at radius 1 is 1.33 bits per heavy atom. The van der Waals surface area contributed by atoms with Gasteiger partial charge >= 0.3 is 0 Å². The van der Waals surface area contributed by atoms with Crippen LogP contribution in [0.5, 0.6) is 0 Å². The molecule has 0 aromatic carbocycles. The highest BCUT2D eigenvalue weighted by molar-refractivity contribution is 5.23. The van der Waals surface area contributed by atoms with Crippen molar-refractivity contribution >= 4 is 0 Å². The number of hydrogen-bond donors (Lipinski definition) is 1. The van der Waals surface area contributed by atoms with Crippen molar-refractivity contribution < 1.29 is 0 Å². The van der Waals surface area contributed by atoms with Crippen molar-refractivity contribution in [1.82, 2.24) is 10.3 Å². The number of nitrogens with zero attached hydrogens (tertiary/aromatic N) is 1. The van der Waals surface area contributed by atoms with Gasteiger partial charge in [0.1, 0.15) is 0 Å². The van der Waals surface area contributed by atoms with E-state index < -0.39 is 0 Å². The molecular weight excluding hydrogens is 184 g/mol. The lowest BCUT2D eigenvalue weighted by Crippen LogP contribution is -2.17. The van der Waals surface area contributed by atoms with Gasteiger partial charge in [0, 0.05) is 17.4 Å². The second-order valence-corrected chi connectivity index (χ2v) is 4.70. The topological polar surface area (TPSA) is 24.9 Å². The summed E-state index contributed by atoms with van der Waals surface area (Å²) in [4.78, 5) is 4.42. The predicted octanol–water partition coefficient (Wildman–Crippen LogP) is 2.76.